The molecule has 0 radical (unpaired) electrons. The Hall–Kier alpha value is -1.36. The lowest BCUT2D eigenvalue weighted by Crippen LogP contribution is -2.10. The van der Waals surface area contributed by atoms with Gasteiger partial charge in [0.15, 0.2) is 0 Å². The monoisotopic (exact) mass is 273 g/mol. The molecule has 0 heterocycles. The Balaban J connectivity index is 2.47. The van der Waals surface area contributed by atoms with Crippen molar-refractivity contribution in [2.75, 3.05) is 32.7 Å². The van der Waals surface area contributed by atoms with Crippen molar-refractivity contribution in [1.29, 1.82) is 0 Å². The summed E-state index contributed by atoms with van der Waals surface area (Å²) in [4.78, 5) is 11.6. The number of ether oxygens (including phenoxy) is 1. The lowest BCUT2D eigenvalue weighted by Gasteiger charge is -2.13. The number of anilines is 1. The van der Waals surface area contributed by atoms with E-state index in [9.17, 15) is 9.36 Å². The number of hydrogen-bond donors (Lipinski definition) is 1. The van der Waals surface area contributed by atoms with Gasteiger partial charge in [0, 0.05) is 19.9 Å². The lowest BCUT2D eigenvalue weighted by atomic mass is 10.2. The third-order valence-electron chi connectivity index (χ3n) is 2.30. The average Bonchev–Trinajstić information content (AvgIpc) is 2.39. The van der Waals surface area contributed by atoms with Crippen molar-refractivity contribution in [3.63, 3.8) is 0 Å². The number of nitrogen functional groups attached to an aromatic ring is 1. The van der Waals surface area contributed by atoms with Crippen LogP contribution in [0.5, 0.6) is 0 Å². The summed E-state index contributed by atoms with van der Waals surface area (Å²) in [6.45, 7) is -0.0395. The quantitative estimate of drug-likeness (QED) is 0.484. The molecular weight excluding hydrogens is 257 g/mol. The van der Waals surface area contributed by atoms with E-state index >= 15 is 0 Å². The average molecular weight is 273 g/mol. The predicted octanol–water partition coefficient (Wildman–Crippen LogP) is 1.91. The minimum atomic E-state index is -3.13. The second-order valence-electron chi connectivity index (χ2n) is 3.46. The van der Waals surface area contributed by atoms with Gasteiger partial charge < -0.3 is 19.5 Å². The van der Waals surface area contributed by atoms with Gasteiger partial charge in [-0.3, -0.25) is 4.57 Å². The molecule has 1 aromatic carbocycles. The van der Waals surface area contributed by atoms with E-state index in [4.69, 9.17) is 19.5 Å². The first-order valence-corrected chi connectivity index (χ1v) is 6.97. The van der Waals surface area contributed by atoms with E-state index in [0.29, 0.717) is 11.3 Å². The van der Waals surface area contributed by atoms with E-state index < -0.39 is 13.6 Å². The minimum Gasteiger partial charge on any atom is -0.461 e. The molecule has 0 bridgehead atoms. The van der Waals surface area contributed by atoms with E-state index in [0.717, 1.165) is 0 Å². The zero-order chi connectivity index (χ0) is 13.6. The Morgan fingerprint density at radius 2 is 1.78 bits per heavy atom. The van der Waals surface area contributed by atoms with Crippen molar-refractivity contribution in [2.24, 2.45) is 0 Å². The normalized spacial score (nSPS) is 11.2. The number of hydrogen-bond acceptors (Lipinski definition) is 6. The molecular formula is C11H16NO5P. The first-order valence-electron chi connectivity index (χ1n) is 5.24. The zero-order valence-corrected chi connectivity index (χ0v) is 11.2. The standard InChI is InChI=1S/C11H16NO5P/c1-15-18(14,16-2)8-7-17-11(13)9-3-5-10(12)6-4-9/h3-6H,7-8,12H2,1-2H3. The van der Waals surface area contributed by atoms with Gasteiger partial charge >= 0.3 is 13.6 Å². The molecule has 0 spiro atoms. The summed E-state index contributed by atoms with van der Waals surface area (Å²) in [6, 6.07) is 6.32. The van der Waals surface area contributed by atoms with Crippen molar-refractivity contribution >= 4 is 19.3 Å². The molecule has 1 rings (SSSR count). The Morgan fingerprint density at radius 3 is 2.28 bits per heavy atom. The van der Waals surface area contributed by atoms with Crippen LogP contribution in [0.4, 0.5) is 5.69 Å². The summed E-state index contributed by atoms with van der Waals surface area (Å²) in [5.41, 5.74) is 6.45. The Morgan fingerprint density at radius 1 is 1.22 bits per heavy atom. The molecule has 18 heavy (non-hydrogen) atoms. The van der Waals surface area contributed by atoms with Crippen LogP contribution in [-0.2, 0) is 18.3 Å². The maximum Gasteiger partial charge on any atom is 0.338 e. The highest BCUT2D eigenvalue weighted by molar-refractivity contribution is 7.53. The largest absolute Gasteiger partial charge is 0.461 e. The molecule has 0 atom stereocenters. The molecule has 0 unspecified atom stereocenters. The summed E-state index contributed by atoms with van der Waals surface area (Å²) < 4.78 is 26.0. The van der Waals surface area contributed by atoms with Crippen LogP contribution in [0.2, 0.25) is 0 Å². The summed E-state index contributed by atoms with van der Waals surface area (Å²) in [5, 5.41) is 0. The fraction of sp³-hybridized carbons (Fsp3) is 0.364. The summed E-state index contributed by atoms with van der Waals surface area (Å²) in [5.74, 6) is -0.506. The van der Waals surface area contributed by atoms with Crippen LogP contribution in [-0.4, -0.2) is 33.0 Å². The fourth-order valence-electron chi connectivity index (χ4n) is 1.21. The van der Waals surface area contributed by atoms with Crippen molar-refractivity contribution in [1.82, 2.24) is 0 Å². The molecule has 7 heteroatoms. The molecule has 0 fully saturated rings. The Labute approximate surface area is 106 Å². The van der Waals surface area contributed by atoms with Crippen LogP contribution >= 0.6 is 7.60 Å². The van der Waals surface area contributed by atoms with Crippen LogP contribution in [0.15, 0.2) is 24.3 Å². The van der Waals surface area contributed by atoms with Gasteiger partial charge in [-0.05, 0) is 24.3 Å². The SMILES string of the molecule is COP(=O)(CCOC(=O)c1ccc(N)cc1)OC. The van der Waals surface area contributed by atoms with Crippen LogP contribution in [0.25, 0.3) is 0 Å². The first-order chi connectivity index (χ1) is 8.50. The molecule has 0 saturated carbocycles. The highest BCUT2D eigenvalue weighted by Crippen LogP contribution is 2.45. The molecule has 0 amide bonds. The van der Waals surface area contributed by atoms with Crippen LogP contribution in [0.1, 0.15) is 10.4 Å². The zero-order valence-electron chi connectivity index (χ0n) is 10.3. The number of benzene rings is 1. The number of esters is 1. The number of carbonyl (C=O) groups is 1. The fourth-order valence-corrected chi connectivity index (χ4v) is 2.04. The number of rotatable bonds is 6. The predicted molar refractivity (Wildman–Crippen MR) is 67.6 cm³/mol. The maximum atomic E-state index is 11.7. The van der Waals surface area contributed by atoms with Crippen molar-refractivity contribution in [3.8, 4) is 0 Å². The molecule has 0 saturated heterocycles. The van der Waals surface area contributed by atoms with Crippen molar-refractivity contribution < 1.29 is 23.1 Å². The van der Waals surface area contributed by atoms with Crippen molar-refractivity contribution in [2.45, 2.75) is 0 Å². The van der Waals surface area contributed by atoms with Crippen LogP contribution < -0.4 is 5.73 Å². The second kappa shape index (κ2) is 6.54. The van der Waals surface area contributed by atoms with Gasteiger partial charge in [0.05, 0.1) is 11.7 Å². The van der Waals surface area contributed by atoms with E-state index in [2.05, 4.69) is 0 Å². The topological polar surface area (TPSA) is 87.9 Å². The van der Waals surface area contributed by atoms with E-state index in [-0.39, 0.29) is 12.8 Å². The third-order valence-corrected chi connectivity index (χ3v) is 4.14. The number of nitrogens with two attached hydrogens (primary N) is 1. The molecule has 6 nitrogen and oxygen atoms in total. The molecule has 1 aromatic rings. The van der Waals surface area contributed by atoms with Gasteiger partial charge in [-0.15, -0.1) is 0 Å². The molecule has 100 valence electrons. The van der Waals surface area contributed by atoms with Gasteiger partial charge in [-0.25, -0.2) is 4.79 Å². The van der Waals surface area contributed by atoms with Gasteiger partial charge in [-0.1, -0.05) is 0 Å². The van der Waals surface area contributed by atoms with E-state index in [1.807, 2.05) is 0 Å². The molecule has 0 aliphatic rings. The van der Waals surface area contributed by atoms with Crippen molar-refractivity contribution in [3.05, 3.63) is 29.8 Å². The summed E-state index contributed by atoms with van der Waals surface area (Å²) >= 11 is 0. The summed E-state index contributed by atoms with van der Waals surface area (Å²) in [7, 11) is -0.566. The van der Waals surface area contributed by atoms with Gasteiger partial charge in [-0.2, -0.15) is 0 Å². The van der Waals surface area contributed by atoms with Crippen LogP contribution in [0.3, 0.4) is 0 Å². The molecule has 0 aromatic heterocycles. The minimum absolute atomic E-state index is 0.0146. The van der Waals surface area contributed by atoms with Gasteiger partial charge in [0.2, 0.25) is 0 Å². The van der Waals surface area contributed by atoms with Gasteiger partial charge in [0.1, 0.15) is 6.61 Å². The Kier molecular flexibility index (Phi) is 5.34. The molecule has 2 N–H and O–H groups in total. The first kappa shape index (κ1) is 14.7. The highest BCUT2D eigenvalue weighted by atomic mass is 31.2. The van der Waals surface area contributed by atoms with E-state index in [1.54, 1.807) is 24.3 Å². The third kappa shape index (κ3) is 4.14. The summed E-state index contributed by atoms with van der Waals surface area (Å²) in [6.07, 6.45) is 0.0146. The molecule has 0 aliphatic heterocycles. The number of carbonyl (C=O) groups excluding carboxylic acids is 1. The second-order valence-corrected chi connectivity index (χ2v) is 5.86. The van der Waals surface area contributed by atoms with Gasteiger partial charge in [0.25, 0.3) is 0 Å². The van der Waals surface area contributed by atoms with Crippen LogP contribution in [0, 0.1) is 0 Å². The Bertz CT molecular complexity index is 437. The lowest BCUT2D eigenvalue weighted by molar-refractivity contribution is 0.0524. The van der Waals surface area contributed by atoms with E-state index in [1.165, 1.54) is 14.2 Å². The maximum absolute atomic E-state index is 11.7. The smallest absolute Gasteiger partial charge is 0.338 e. The highest BCUT2D eigenvalue weighted by Gasteiger charge is 2.21. The molecule has 0 aliphatic carbocycles.